The number of ether oxygens (including phenoxy) is 2. The second-order valence-electron chi connectivity index (χ2n) is 7.76. The van der Waals surface area contributed by atoms with Crippen molar-refractivity contribution in [3.05, 3.63) is 94.0 Å². The molecular weight excluding hydrogens is 418 g/mol. The number of methoxy groups -OCH3 is 1. The fourth-order valence-corrected chi connectivity index (χ4v) is 3.95. The summed E-state index contributed by atoms with van der Waals surface area (Å²) in [5.74, 6) is 0.860. The molecule has 2 aromatic heterocycles. The Morgan fingerprint density at radius 1 is 1.12 bits per heavy atom. The van der Waals surface area contributed by atoms with E-state index in [9.17, 15) is 9.59 Å². The van der Waals surface area contributed by atoms with E-state index >= 15 is 0 Å². The van der Waals surface area contributed by atoms with Crippen LogP contribution in [0.5, 0.6) is 11.5 Å². The number of amides is 1. The number of benzene rings is 2. The third-order valence-corrected chi connectivity index (χ3v) is 5.72. The van der Waals surface area contributed by atoms with E-state index in [0.29, 0.717) is 30.2 Å². The van der Waals surface area contributed by atoms with Gasteiger partial charge in [-0.15, -0.1) is 0 Å². The van der Waals surface area contributed by atoms with Crippen LogP contribution in [0.25, 0.3) is 10.9 Å². The zero-order valence-corrected chi connectivity index (χ0v) is 18.9. The van der Waals surface area contributed by atoms with Crippen molar-refractivity contribution in [3.63, 3.8) is 0 Å². The molecule has 2 heterocycles. The average Bonchev–Trinajstić information content (AvgIpc) is 3.25. The monoisotopic (exact) mass is 445 g/mol. The lowest BCUT2D eigenvalue weighted by atomic mass is 9.90. The number of fused-ring (bicyclic) bond motifs is 1. The molecule has 0 fully saturated rings. The number of H-pyrrole nitrogens is 1. The standard InChI is InChI=1S/C26H27N3O4/c1-4-33-23-10-9-17(13-24(23)32-3)20(21-16-27-22-8-6-5-7-19(21)22)15-28-26(31)18-11-12-29(2)25(30)14-18/h5-14,16,20,27H,4,15H2,1-3H3,(H,28,31). The third-order valence-electron chi connectivity index (χ3n) is 5.72. The van der Waals surface area contributed by atoms with Crippen molar-refractivity contribution in [2.45, 2.75) is 12.8 Å². The van der Waals surface area contributed by atoms with Crippen molar-refractivity contribution < 1.29 is 14.3 Å². The van der Waals surface area contributed by atoms with Crippen molar-refractivity contribution in [2.24, 2.45) is 7.05 Å². The molecule has 33 heavy (non-hydrogen) atoms. The molecule has 0 radical (unpaired) electrons. The first-order chi connectivity index (χ1) is 16.0. The summed E-state index contributed by atoms with van der Waals surface area (Å²) in [6.07, 6.45) is 3.56. The lowest BCUT2D eigenvalue weighted by Crippen LogP contribution is -2.30. The molecule has 7 heteroatoms. The first-order valence-electron chi connectivity index (χ1n) is 10.8. The van der Waals surface area contributed by atoms with Gasteiger partial charge in [0.25, 0.3) is 11.5 Å². The van der Waals surface area contributed by atoms with Crippen LogP contribution in [-0.4, -0.2) is 35.7 Å². The molecule has 7 nitrogen and oxygen atoms in total. The molecule has 0 spiro atoms. The Labute approximate surface area is 192 Å². The van der Waals surface area contributed by atoms with Gasteiger partial charge in [-0.25, -0.2) is 0 Å². The summed E-state index contributed by atoms with van der Waals surface area (Å²) in [7, 11) is 3.26. The summed E-state index contributed by atoms with van der Waals surface area (Å²) in [6, 6.07) is 16.9. The van der Waals surface area contributed by atoms with Crippen LogP contribution in [0.3, 0.4) is 0 Å². The van der Waals surface area contributed by atoms with Gasteiger partial charge in [0.05, 0.1) is 13.7 Å². The summed E-state index contributed by atoms with van der Waals surface area (Å²) < 4.78 is 12.7. The van der Waals surface area contributed by atoms with Crippen LogP contribution in [0, 0.1) is 0 Å². The normalized spacial score (nSPS) is 11.8. The molecule has 0 bridgehead atoms. The van der Waals surface area contributed by atoms with Crippen LogP contribution in [0.1, 0.15) is 34.3 Å². The van der Waals surface area contributed by atoms with Gasteiger partial charge in [0.1, 0.15) is 0 Å². The number of aromatic amines is 1. The van der Waals surface area contributed by atoms with E-state index in [0.717, 1.165) is 22.0 Å². The van der Waals surface area contributed by atoms with Crippen LogP contribution >= 0.6 is 0 Å². The topological polar surface area (TPSA) is 85.4 Å². The maximum Gasteiger partial charge on any atom is 0.251 e. The van der Waals surface area contributed by atoms with Crippen LogP contribution in [0.4, 0.5) is 0 Å². The molecular formula is C26H27N3O4. The number of hydrogen-bond donors (Lipinski definition) is 2. The van der Waals surface area contributed by atoms with Gasteiger partial charge in [-0.05, 0) is 42.3 Å². The van der Waals surface area contributed by atoms with E-state index in [2.05, 4.69) is 16.4 Å². The predicted octanol–water partition coefficient (Wildman–Crippen LogP) is 3.84. The highest BCUT2D eigenvalue weighted by Crippen LogP contribution is 2.35. The van der Waals surface area contributed by atoms with Gasteiger partial charge in [0.15, 0.2) is 11.5 Å². The maximum absolute atomic E-state index is 12.8. The van der Waals surface area contributed by atoms with Crippen LogP contribution in [-0.2, 0) is 7.05 Å². The zero-order valence-electron chi connectivity index (χ0n) is 18.9. The molecule has 4 rings (SSSR count). The average molecular weight is 446 g/mol. The zero-order chi connectivity index (χ0) is 23.4. The Balaban J connectivity index is 1.70. The van der Waals surface area contributed by atoms with Crippen molar-refractivity contribution in [3.8, 4) is 11.5 Å². The Morgan fingerprint density at radius 3 is 2.70 bits per heavy atom. The number of nitrogens with zero attached hydrogens (tertiary/aromatic N) is 1. The Hall–Kier alpha value is -4.00. The van der Waals surface area contributed by atoms with Gasteiger partial charge in [-0.3, -0.25) is 9.59 Å². The number of hydrogen-bond acceptors (Lipinski definition) is 4. The van der Waals surface area contributed by atoms with E-state index in [1.807, 2.05) is 49.5 Å². The van der Waals surface area contributed by atoms with Crippen LogP contribution in [0.15, 0.2) is 71.8 Å². The van der Waals surface area contributed by atoms with Gasteiger partial charge >= 0.3 is 0 Å². The minimum atomic E-state index is -0.296. The summed E-state index contributed by atoms with van der Waals surface area (Å²) in [5, 5.41) is 4.08. The van der Waals surface area contributed by atoms with Crippen LogP contribution < -0.4 is 20.3 Å². The van der Waals surface area contributed by atoms with Gasteiger partial charge in [0.2, 0.25) is 0 Å². The highest BCUT2D eigenvalue weighted by molar-refractivity contribution is 5.94. The van der Waals surface area contributed by atoms with Crippen molar-refractivity contribution >= 4 is 16.8 Å². The largest absolute Gasteiger partial charge is 0.493 e. The highest BCUT2D eigenvalue weighted by atomic mass is 16.5. The smallest absolute Gasteiger partial charge is 0.251 e. The Bertz CT molecular complexity index is 1340. The molecule has 0 aliphatic rings. The minimum absolute atomic E-state index is 0.152. The summed E-state index contributed by atoms with van der Waals surface area (Å²) in [6.45, 7) is 2.80. The molecule has 2 aromatic carbocycles. The third kappa shape index (κ3) is 4.62. The molecule has 0 saturated carbocycles. The first-order valence-corrected chi connectivity index (χ1v) is 10.8. The number of carbonyl (C=O) groups is 1. The van der Waals surface area contributed by atoms with E-state index in [4.69, 9.17) is 9.47 Å². The minimum Gasteiger partial charge on any atom is -0.493 e. The van der Waals surface area contributed by atoms with E-state index in [1.54, 1.807) is 26.4 Å². The van der Waals surface area contributed by atoms with Gasteiger partial charge in [-0.1, -0.05) is 24.3 Å². The summed E-state index contributed by atoms with van der Waals surface area (Å²) >= 11 is 0. The fraction of sp³-hybridized carbons (Fsp3) is 0.231. The first kappa shape index (κ1) is 22.2. The van der Waals surface area contributed by atoms with E-state index in [1.165, 1.54) is 10.6 Å². The van der Waals surface area contributed by atoms with Crippen LogP contribution in [0.2, 0.25) is 0 Å². The van der Waals surface area contributed by atoms with Crippen molar-refractivity contribution in [2.75, 3.05) is 20.3 Å². The molecule has 1 amide bonds. The lowest BCUT2D eigenvalue weighted by molar-refractivity contribution is 0.0952. The highest BCUT2D eigenvalue weighted by Gasteiger charge is 2.21. The van der Waals surface area contributed by atoms with Crippen molar-refractivity contribution in [1.29, 1.82) is 0 Å². The molecule has 2 N–H and O–H groups in total. The summed E-state index contributed by atoms with van der Waals surface area (Å²) in [4.78, 5) is 28.1. The molecule has 1 unspecified atom stereocenters. The second-order valence-corrected chi connectivity index (χ2v) is 7.76. The van der Waals surface area contributed by atoms with E-state index < -0.39 is 0 Å². The number of aryl methyl sites for hydroxylation is 1. The number of aromatic nitrogens is 2. The molecule has 1 atom stereocenters. The fourth-order valence-electron chi connectivity index (χ4n) is 3.95. The van der Waals surface area contributed by atoms with Gasteiger partial charge < -0.3 is 24.3 Å². The van der Waals surface area contributed by atoms with E-state index in [-0.39, 0.29) is 17.4 Å². The number of rotatable bonds is 8. The van der Waals surface area contributed by atoms with Gasteiger partial charge in [-0.2, -0.15) is 0 Å². The predicted molar refractivity (Wildman–Crippen MR) is 128 cm³/mol. The molecule has 170 valence electrons. The SMILES string of the molecule is CCOc1ccc(C(CNC(=O)c2ccn(C)c(=O)c2)c2c[nH]c3ccccc23)cc1OC. The Kier molecular flexibility index (Phi) is 6.49. The number of para-hydroxylation sites is 1. The van der Waals surface area contributed by atoms with Gasteiger partial charge in [0, 0.05) is 54.4 Å². The second kappa shape index (κ2) is 9.65. The lowest BCUT2D eigenvalue weighted by Gasteiger charge is -2.20. The Morgan fingerprint density at radius 2 is 1.94 bits per heavy atom. The number of pyridine rings is 1. The maximum atomic E-state index is 12.8. The molecule has 0 aliphatic heterocycles. The summed E-state index contributed by atoms with van der Waals surface area (Å²) in [5.41, 5.74) is 3.16. The molecule has 0 saturated heterocycles. The quantitative estimate of drug-likeness (QED) is 0.432. The molecule has 4 aromatic rings. The molecule has 0 aliphatic carbocycles. The number of nitrogens with one attached hydrogen (secondary N) is 2. The number of carbonyl (C=O) groups excluding carboxylic acids is 1. The van der Waals surface area contributed by atoms with Crippen molar-refractivity contribution in [1.82, 2.24) is 14.9 Å².